The molecule has 4 rings (SSSR count). The Balaban J connectivity index is 1.47. The summed E-state index contributed by atoms with van der Waals surface area (Å²) in [6.45, 7) is 9.08. The molecule has 2 aromatic rings. The average Bonchev–Trinajstić information content (AvgIpc) is 3.13. The number of nitrogens with zero attached hydrogens (tertiary/aromatic N) is 4. The number of fused-ring (bicyclic) bond motifs is 1. The van der Waals surface area contributed by atoms with Crippen molar-refractivity contribution < 1.29 is 9.53 Å². The van der Waals surface area contributed by atoms with Gasteiger partial charge in [-0.05, 0) is 58.2 Å². The van der Waals surface area contributed by atoms with Gasteiger partial charge in [0.05, 0.1) is 17.3 Å². The molecule has 30 heavy (non-hydrogen) atoms. The summed E-state index contributed by atoms with van der Waals surface area (Å²) in [4.78, 5) is 19.2. The van der Waals surface area contributed by atoms with Crippen LogP contribution in [0, 0.1) is 0 Å². The number of aliphatic imine (C=N–C) groups is 1. The van der Waals surface area contributed by atoms with E-state index >= 15 is 0 Å². The Kier molecular flexibility index (Phi) is 5.51. The molecule has 2 aliphatic heterocycles. The molecule has 2 atom stereocenters. The maximum atomic E-state index is 12.5. The van der Waals surface area contributed by atoms with E-state index in [1.54, 1.807) is 4.90 Å². The van der Waals surface area contributed by atoms with Gasteiger partial charge in [0.25, 0.3) is 0 Å². The average molecular weight is 411 g/mol. The first kappa shape index (κ1) is 20.4. The van der Waals surface area contributed by atoms with Crippen LogP contribution >= 0.6 is 0 Å². The summed E-state index contributed by atoms with van der Waals surface area (Å²) < 4.78 is 7.38. The highest BCUT2D eigenvalue weighted by Gasteiger charge is 2.29. The Morgan fingerprint density at radius 3 is 2.97 bits per heavy atom. The van der Waals surface area contributed by atoms with E-state index in [1.807, 2.05) is 62.1 Å². The molecular weight excluding hydrogens is 380 g/mol. The van der Waals surface area contributed by atoms with Crippen LogP contribution in [0.15, 0.2) is 47.4 Å². The Bertz CT molecular complexity index is 987. The molecule has 0 aromatic carbocycles. The molecule has 1 amide bonds. The summed E-state index contributed by atoms with van der Waals surface area (Å²) in [6, 6.07) is 6.13. The second kappa shape index (κ2) is 8.10. The molecule has 0 spiro atoms. The highest BCUT2D eigenvalue weighted by atomic mass is 16.6. The number of pyridine rings is 1. The Morgan fingerprint density at radius 2 is 2.17 bits per heavy atom. The maximum absolute atomic E-state index is 12.5. The van der Waals surface area contributed by atoms with Gasteiger partial charge in [0.2, 0.25) is 0 Å². The molecule has 2 aromatic heterocycles. The lowest BCUT2D eigenvalue weighted by Gasteiger charge is -2.36. The Labute approximate surface area is 177 Å². The van der Waals surface area contributed by atoms with E-state index < -0.39 is 5.60 Å². The van der Waals surface area contributed by atoms with Gasteiger partial charge in [0.1, 0.15) is 17.6 Å². The number of amidine groups is 1. The molecule has 1 fully saturated rings. The molecule has 1 unspecified atom stereocenters. The summed E-state index contributed by atoms with van der Waals surface area (Å²) in [5.41, 5.74) is 2.58. The van der Waals surface area contributed by atoms with E-state index in [2.05, 4.69) is 22.7 Å². The van der Waals surface area contributed by atoms with E-state index in [4.69, 9.17) is 9.73 Å². The lowest BCUT2D eigenvalue weighted by Crippen LogP contribution is -2.52. The van der Waals surface area contributed by atoms with Crippen LogP contribution in [0.5, 0.6) is 0 Å². The number of ether oxygens (including phenoxy) is 1. The Morgan fingerprint density at radius 1 is 1.33 bits per heavy atom. The fourth-order valence-electron chi connectivity index (χ4n) is 3.79. The molecular formula is C22H30N6O2. The van der Waals surface area contributed by atoms with Crippen LogP contribution in [0.4, 0.5) is 4.79 Å². The largest absolute Gasteiger partial charge is 0.444 e. The van der Waals surface area contributed by atoms with Crippen molar-refractivity contribution in [2.45, 2.75) is 58.3 Å². The summed E-state index contributed by atoms with van der Waals surface area (Å²) >= 11 is 0. The molecule has 8 nitrogen and oxygen atoms in total. The normalized spacial score (nSPS) is 22.3. The van der Waals surface area contributed by atoms with E-state index in [0.717, 1.165) is 41.9 Å². The number of aromatic nitrogens is 2. The number of hydrogen-bond acceptors (Lipinski definition) is 6. The molecule has 0 radical (unpaired) electrons. The van der Waals surface area contributed by atoms with Gasteiger partial charge in [-0.25, -0.2) is 14.3 Å². The molecule has 2 aliphatic rings. The number of carbonyl (C=O) groups is 1. The summed E-state index contributed by atoms with van der Waals surface area (Å²) in [6.07, 6.45) is 7.28. The predicted molar refractivity (Wildman–Crippen MR) is 116 cm³/mol. The van der Waals surface area contributed by atoms with Crippen molar-refractivity contribution in [1.82, 2.24) is 25.1 Å². The van der Waals surface area contributed by atoms with Crippen molar-refractivity contribution >= 4 is 17.4 Å². The molecule has 1 saturated heterocycles. The van der Waals surface area contributed by atoms with Gasteiger partial charge in [-0.15, -0.1) is 0 Å². The van der Waals surface area contributed by atoms with Gasteiger partial charge in [-0.3, -0.25) is 5.32 Å². The SMILES string of the molecule is CC1=CNC(c2cnn3ccccc23)=NC1N[C@@H]1CCCN(C(=O)OC(C)(C)C)C1. The number of amides is 1. The third-order valence-corrected chi connectivity index (χ3v) is 5.27. The van der Waals surface area contributed by atoms with Gasteiger partial charge in [-0.2, -0.15) is 5.10 Å². The zero-order valence-electron chi connectivity index (χ0n) is 18.1. The fraction of sp³-hybridized carbons (Fsp3) is 0.500. The zero-order chi connectivity index (χ0) is 21.3. The van der Waals surface area contributed by atoms with Crippen LogP contribution in [0.1, 0.15) is 46.1 Å². The quantitative estimate of drug-likeness (QED) is 0.813. The van der Waals surface area contributed by atoms with Crippen molar-refractivity contribution in [3.63, 3.8) is 0 Å². The summed E-state index contributed by atoms with van der Waals surface area (Å²) in [7, 11) is 0. The number of nitrogens with one attached hydrogen (secondary N) is 2. The predicted octanol–water partition coefficient (Wildman–Crippen LogP) is 2.90. The topological polar surface area (TPSA) is 83.3 Å². The van der Waals surface area contributed by atoms with Crippen LogP contribution in [0.2, 0.25) is 0 Å². The maximum Gasteiger partial charge on any atom is 0.410 e. The molecule has 8 heteroatoms. The van der Waals surface area contributed by atoms with E-state index in [9.17, 15) is 4.79 Å². The van der Waals surface area contributed by atoms with Gasteiger partial charge in [0, 0.05) is 31.5 Å². The number of rotatable bonds is 3. The summed E-state index contributed by atoms with van der Waals surface area (Å²) in [5, 5.41) is 11.3. The van der Waals surface area contributed by atoms with Crippen molar-refractivity contribution in [1.29, 1.82) is 0 Å². The van der Waals surface area contributed by atoms with Crippen molar-refractivity contribution in [2.24, 2.45) is 4.99 Å². The number of likely N-dealkylation sites (tertiary alicyclic amines) is 1. The van der Waals surface area contributed by atoms with Crippen LogP contribution in [-0.4, -0.2) is 57.3 Å². The third kappa shape index (κ3) is 4.48. The molecule has 0 bridgehead atoms. The van der Waals surface area contributed by atoms with E-state index in [1.165, 1.54) is 0 Å². The van der Waals surface area contributed by atoms with Crippen LogP contribution < -0.4 is 10.6 Å². The molecule has 0 saturated carbocycles. The first-order valence-corrected chi connectivity index (χ1v) is 10.5. The second-order valence-corrected chi connectivity index (χ2v) is 8.93. The third-order valence-electron chi connectivity index (χ3n) is 5.27. The molecule has 4 heterocycles. The number of carbonyl (C=O) groups excluding carboxylic acids is 1. The minimum Gasteiger partial charge on any atom is -0.444 e. The van der Waals surface area contributed by atoms with Crippen LogP contribution in [-0.2, 0) is 4.74 Å². The van der Waals surface area contributed by atoms with Gasteiger partial charge < -0.3 is 15.0 Å². The van der Waals surface area contributed by atoms with Crippen molar-refractivity contribution in [2.75, 3.05) is 13.1 Å². The molecule has 2 N–H and O–H groups in total. The molecule has 160 valence electrons. The summed E-state index contributed by atoms with van der Waals surface area (Å²) in [5.74, 6) is 0.791. The Hall–Kier alpha value is -2.87. The van der Waals surface area contributed by atoms with E-state index in [0.29, 0.717) is 6.54 Å². The molecule has 0 aliphatic carbocycles. The van der Waals surface area contributed by atoms with Crippen molar-refractivity contribution in [3.8, 4) is 0 Å². The van der Waals surface area contributed by atoms with Gasteiger partial charge >= 0.3 is 6.09 Å². The van der Waals surface area contributed by atoms with Crippen LogP contribution in [0.25, 0.3) is 5.52 Å². The minimum atomic E-state index is -0.487. The van der Waals surface area contributed by atoms with Crippen LogP contribution in [0.3, 0.4) is 0 Å². The first-order valence-electron chi connectivity index (χ1n) is 10.5. The fourth-order valence-corrected chi connectivity index (χ4v) is 3.79. The lowest BCUT2D eigenvalue weighted by molar-refractivity contribution is 0.0185. The first-order chi connectivity index (χ1) is 14.3. The monoisotopic (exact) mass is 410 g/mol. The lowest BCUT2D eigenvalue weighted by atomic mass is 10.0. The highest BCUT2D eigenvalue weighted by Crippen LogP contribution is 2.19. The van der Waals surface area contributed by atoms with E-state index in [-0.39, 0.29) is 18.3 Å². The number of hydrogen-bond donors (Lipinski definition) is 2. The van der Waals surface area contributed by atoms with Gasteiger partial charge in [-0.1, -0.05) is 6.07 Å². The van der Waals surface area contributed by atoms with Gasteiger partial charge in [0.15, 0.2) is 0 Å². The number of piperidine rings is 1. The highest BCUT2D eigenvalue weighted by molar-refractivity contribution is 6.05. The second-order valence-electron chi connectivity index (χ2n) is 8.93. The smallest absolute Gasteiger partial charge is 0.410 e. The standard InChI is InChI=1S/C22H30N6O2/c1-15-12-23-20(17-13-24-28-11-6-5-9-18(17)28)26-19(15)25-16-8-7-10-27(14-16)21(29)30-22(2,3)4/h5-6,9,11-13,16,19,25H,7-8,10,14H2,1-4H3,(H,23,26)/t16-,19?/m1/s1. The zero-order valence-corrected chi connectivity index (χ0v) is 18.1. The minimum absolute atomic E-state index is 0.150. The van der Waals surface area contributed by atoms with Crippen molar-refractivity contribution in [3.05, 3.63) is 47.9 Å².